The van der Waals surface area contributed by atoms with Gasteiger partial charge in [-0.1, -0.05) is 41.4 Å². The Kier molecular flexibility index (Phi) is 6.47. The Morgan fingerprint density at radius 2 is 1.78 bits per heavy atom. The summed E-state index contributed by atoms with van der Waals surface area (Å²) in [5, 5.41) is 3.88. The number of anilines is 1. The number of amides is 1. The predicted molar refractivity (Wildman–Crippen MR) is 111 cm³/mol. The van der Waals surface area contributed by atoms with Crippen LogP contribution in [0, 0.1) is 0 Å². The van der Waals surface area contributed by atoms with Crippen LogP contribution >= 0.6 is 23.2 Å². The monoisotopic (exact) mass is 398 g/mol. The minimum atomic E-state index is -0.262. The smallest absolute Gasteiger partial charge is 0.262 e. The van der Waals surface area contributed by atoms with E-state index in [0.29, 0.717) is 27.2 Å². The molecule has 136 valence electrons. The topological polar surface area (TPSA) is 50.7 Å². The molecule has 0 spiro atoms. The zero-order valence-electron chi connectivity index (χ0n) is 14.2. The Labute approximate surface area is 167 Å². The van der Waals surface area contributed by atoms with Crippen molar-refractivity contribution in [1.82, 2.24) is 0 Å². The summed E-state index contributed by atoms with van der Waals surface area (Å²) in [6, 6.07) is 21.6. The van der Waals surface area contributed by atoms with Crippen molar-refractivity contribution in [2.75, 3.05) is 11.9 Å². The molecule has 0 fully saturated rings. The molecule has 0 unspecified atom stereocenters. The van der Waals surface area contributed by atoms with E-state index in [1.165, 1.54) is 0 Å². The second-order valence-electron chi connectivity index (χ2n) is 5.63. The number of carbonyl (C=O) groups excluding carboxylic acids is 1. The fourth-order valence-electron chi connectivity index (χ4n) is 2.26. The molecule has 0 aliphatic carbocycles. The van der Waals surface area contributed by atoms with Crippen molar-refractivity contribution < 1.29 is 9.53 Å². The van der Waals surface area contributed by atoms with Crippen LogP contribution in [0.1, 0.15) is 5.56 Å². The summed E-state index contributed by atoms with van der Waals surface area (Å²) >= 11 is 12.0. The average molecular weight is 399 g/mol. The standard InChI is InChI=1S/C21H16Cl2N2O2/c22-16-4-3-5-17(12-16)25-21(26)14-27-18-10-8-15(9-11-18)13-24-20-7-2-1-6-19(20)23/h1-13H,14H2,(H,25,26). The van der Waals surface area contributed by atoms with Crippen molar-refractivity contribution >= 4 is 46.7 Å². The molecule has 1 amide bonds. The van der Waals surface area contributed by atoms with E-state index in [1.54, 1.807) is 48.7 Å². The van der Waals surface area contributed by atoms with Crippen molar-refractivity contribution in [2.45, 2.75) is 0 Å². The lowest BCUT2D eigenvalue weighted by Crippen LogP contribution is -2.20. The molecule has 3 rings (SSSR count). The van der Waals surface area contributed by atoms with Crippen molar-refractivity contribution in [3.8, 4) is 5.75 Å². The Morgan fingerprint density at radius 1 is 1.00 bits per heavy atom. The molecule has 27 heavy (non-hydrogen) atoms. The van der Waals surface area contributed by atoms with Crippen molar-refractivity contribution in [1.29, 1.82) is 0 Å². The second-order valence-corrected chi connectivity index (χ2v) is 6.47. The quantitative estimate of drug-likeness (QED) is 0.536. The van der Waals surface area contributed by atoms with Crippen LogP contribution < -0.4 is 10.1 Å². The molecule has 0 aliphatic heterocycles. The molecule has 0 aromatic heterocycles. The maximum absolute atomic E-state index is 11.9. The van der Waals surface area contributed by atoms with Crippen LogP contribution in [0.25, 0.3) is 0 Å². The molecule has 4 nitrogen and oxygen atoms in total. The van der Waals surface area contributed by atoms with Gasteiger partial charge in [-0.05, 0) is 60.2 Å². The third-order valence-corrected chi connectivity index (χ3v) is 4.12. The van der Waals surface area contributed by atoms with Crippen molar-refractivity contribution in [3.63, 3.8) is 0 Å². The van der Waals surface area contributed by atoms with Crippen LogP contribution in [0.5, 0.6) is 5.75 Å². The Morgan fingerprint density at radius 3 is 2.52 bits per heavy atom. The highest BCUT2D eigenvalue weighted by atomic mass is 35.5. The van der Waals surface area contributed by atoms with Gasteiger partial charge < -0.3 is 10.1 Å². The van der Waals surface area contributed by atoms with E-state index in [0.717, 1.165) is 5.56 Å². The number of hydrogen-bond acceptors (Lipinski definition) is 3. The van der Waals surface area contributed by atoms with Crippen LogP contribution in [0.2, 0.25) is 10.0 Å². The molecule has 0 aliphatic rings. The number of hydrogen-bond donors (Lipinski definition) is 1. The maximum atomic E-state index is 11.9. The normalized spacial score (nSPS) is 10.7. The van der Waals surface area contributed by atoms with E-state index in [9.17, 15) is 4.79 Å². The first-order chi connectivity index (χ1) is 13.1. The Bertz CT molecular complexity index is 956. The van der Waals surface area contributed by atoms with Gasteiger partial charge in [-0.25, -0.2) is 0 Å². The molecule has 0 saturated carbocycles. The number of nitrogens with one attached hydrogen (secondary N) is 1. The number of para-hydroxylation sites is 1. The summed E-state index contributed by atoms with van der Waals surface area (Å²) in [6.45, 7) is -0.0976. The lowest BCUT2D eigenvalue weighted by molar-refractivity contribution is -0.118. The molecule has 0 radical (unpaired) electrons. The summed E-state index contributed by atoms with van der Waals surface area (Å²) in [4.78, 5) is 16.3. The number of carbonyl (C=O) groups is 1. The van der Waals surface area contributed by atoms with Crippen LogP contribution in [0.15, 0.2) is 77.8 Å². The Hall–Kier alpha value is -2.82. The molecule has 3 aromatic carbocycles. The van der Waals surface area contributed by atoms with Crippen LogP contribution in [0.4, 0.5) is 11.4 Å². The van der Waals surface area contributed by atoms with E-state index in [-0.39, 0.29) is 12.5 Å². The first kappa shape index (κ1) is 19.0. The predicted octanol–water partition coefficient (Wildman–Crippen LogP) is 5.76. The van der Waals surface area contributed by atoms with Gasteiger partial charge in [0.2, 0.25) is 0 Å². The number of aliphatic imine (C=N–C) groups is 1. The van der Waals surface area contributed by atoms with Crippen LogP contribution in [0.3, 0.4) is 0 Å². The van der Waals surface area contributed by atoms with E-state index < -0.39 is 0 Å². The summed E-state index contributed by atoms with van der Waals surface area (Å²) in [7, 11) is 0. The molecular weight excluding hydrogens is 383 g/mol. The van der Waals surface area contributed by atoms with Gasteiger partial charge in [-0.15, -0.1) is 0 Å². The number of benzene rings is 3. The molecular formula is C21H16Cl2N2O2. The van der Waals surface area contributed by atoms with E-state index in [1.807, 2.05) is 30.3 Å². The molecule has 3 aromatic rings. The highest BCUT2D eigenvalue weighted by molar-refractivity contribution is 6.33. The van der Waals surface area contributed by atoms with Gasteiger partial charge in [0.1, 0.15) is 5.75 Å². The fourth-order valence-corrected chi connectivity index (χ4v) is 2.64. The van der Waals surface area contributed by atoms with Crippen LogP contribution in [-0.4, -0.2) is 18.7 Å². The molecule has 0 saturated heterocycles. The molecule has 0 atom stereocenters. The van der Waals surface area contributed by atoms with Gasteiger partial charge in [0, 0.05) is 16.9 Å². The maximum Gasteiger partial charge on any atom is 0.262 e. The van der Waals surface area contributed by atoms with E-state index >= 15 is 0 Å². The molecule has 6 heteroatoms. The highest BCUT2D eigenvalue weighted by Crippen LogP contribution is 2.23. The van der Waals surface area contributed by atoms with E-state index in [4.69, 9.17) is 27.9 Å². The number of ether oxygens (including phenoxy) is 1. The van der Waals surface area contributed by atoms with Gasteiger partial charge in [-0.3, -0.25) is 9.79 Å². The minimum Gasteiger partial charge on any atom is -0.484 e. The fraction of sp³-hybridized carbons (Fsp3) is 0.0476. The van der Waals surface area contributed by atoms with Gasteiger partial charge in [0.05, 0.1) is 10.7 Å². The first-order valence-electron chi connectivity index (χ1n) is 8.17. The zero-order chi connectivity index (χ0) is 19.1. The minimum absolute atomic E-state index is 0.0976. The van der Waals surface area contributed by atoms with Crippen molar-refractivity contribution in [3.05, 3.63) is 88.4 Å². The third-order valence-electron chi connectivity index (χ3n) is 3.56. The lowest BCUT2D eigenvalue weighted by Gasteiger charge is -2.08. The average Bonchev–Trinajstić information content (AvgIpc) is 2.67. The summed E-state index contributed by atoms with van der Waals surface area (Å²) in [5.74, 6) is 0.327. The van der Waals surface area contributed by atoms with Gasteiger partial charge in [0.15, 0.2) is 6.61 Å². The summed E-state index contributed by atoms with van der Waals surface area (Å²) < 4.78 is 5.50. The van der Waals surface area contributed by atoms with Gasteiger partial charge in [0.25, 0.3) is 5.91 Å². The number of nitrogens with zero attached hydrogens (tertiary/aromatic N) is 1. The van der Waals surface area contributed by atoms with Gasteiger partial charge in [-0.2, -0.15) is 0 Å². The number of halogens is 2. The van der Waals surface area contributed by atoms with E-state index in [2.05, 4.69) is 10.3 Å². The third kappa shape index (κ3) is 5.84. The second kappa shape index (κ2) is 9.21. The number of rotatable bonds is 6. The largest absolute Gasteiger partial charge is 0.484 e. The van der Waals surface area contributed by atoms with Crippen LogP contribution in [-0.2, 0) is 4.79 Å². The molecule has 0 bridgehead atoms. The molecule has 1 N–H and O–H groups in total. The van der Waals surface area contributed by atoms with Gasteiger partial charge >= 0.3 is 0 Å². The Balaban J connectivity index is 1.53. The summed E-state index contributed by atoms with van der Waals surface area (Å²) in [5.41, 5.74) is 2.23. The van der Waals surface area contributed by atoms with Crippen molar-refractivity contribution in [2.24, 2.45) is 4.99 Å². The lowest BCUT2D eigenvalue weighted by atomic mass is 10.2. The summed E-state index contributed by atoms with van der Waals surface area (Å²) in [6.07, 6.45) is 1.72. The molecule has 0 heterocycles. The highest BCUT2D eigenvalue weighted by Gasteiger charge is 2.04. The SMILES string of the molecule is O=C(COc1ccc(C=Nc2ccccc2Cl)cc1)Nc1cccc(Cl)c1. The first-order valence-corrected chi connectivity index (χ1v) is 8.92. The zero-order valence-corrected chi connectivity index (χ0v) is 15.7.